The van der Waals surface area contributed by atoms with Crippen molar-refractivity contribution in [1.82, 2.24) is 4.90 Å². The minimum absolute atomic E-state index is 0.00963. The zero-order valence-electron chi connectivity index (χ0n) is 16.3. The maximum absolute atomic E-state index is 12.9. The fourth-order valence-electron chi connectivity index (χ4n) is 3.24. The predicted octanol–water partition coefficient (Wildman–Crippen LogP) is 5.37. The highest BCUT2D eigenvalue weighted by molar-refractivity contribution is 5.79. The third-order valence-corrected chi connectivity index (χ3v) is 6.44. The Morgan fingerprint density at radius 1 is 0.905 bits per heavy atom. The molecule has 1 unspecified atom stereocenters. The first-order valence-corrected chi connectivity index (χ1v) is 8.59. The Labute approximate surface area is 133 Å². The minimum atomic E-state index is -0.00963. The van der Waals surface area contributed by atoms with Gasteiger partial charge in [-0.25, -0.2) is 0 Å². The van der Waals surface area contributed by atoms with E-state index in [1.165, 1.54) is 0 Å². The van der Waals surface area contributed by atoms with Gasteiger partial charge in [-0.1, -0.05) is 74.7 Å². The maximum atomic E-state index is 12.9. The van der Waals surface area contributed by atoms with E-state index in [4.69, 9.17) is 0 Å². The van der Waals surface area contributed by atoms with Crippen molar-refractivity contribution < 1.29 is 4.79 Å². The van der Waals surface area contributed by atoms with E-state index in [-0.39, 0.29) is 28.1 Å². The second-order valence-electron chi connectivity index (χ2n) is 8.50. The maximum Gasteiger partial charge on any atom is 0.225 e. The molecule has 0 heterocycles. The van der Waals surface area contributed by atoms with Crippen molar-refractivity contribution in [1.29, 1.82) is 0 Å². The first-order chi connectivity index (χ1) is 9.38. The van der Waals surface area contributed by atoms with Crippen LogP contribution in [0.1, 0.15) is 81.1 Å². The minimum Gasteiger partial charge on any atom is -0.349 e. The van der Waals surface area contributed by atoms with Crippen LogP contribution in [0.4, 0.5) is 0 Å². The summed E-state index contributed by atoms with van der Waals surface area (Å²) in [4.78, 5) is 14.7. The second kappa shape index (κ2) is 7.15. The molecule has 0 rings (SSSR count). The molecule has 2 nitrogen and oxygen atoms in total. The summed E-state index contributed by atoms with van der Waals surface area (Å²) >= 11 is 0. The molecule has 0 aliphatic carbocycles. The van der Waals surface area contributed by atoms with E-state index in [2.05, 4.69) is 55.4 Å². The van der Waals surface area contributed by atoms with Gasteiger partial charge in [0.15, 0.2) is 0 Å². The first-order valence-electron chi connectivity index (χ1n) is 8.59. The quantitative estimate of drug-likeness (QED) is 0.590. The largest absolute Gasteiger partial charge is 0.349 e. The standard InChI is InChI=1S/C19H39NO/c1-11-17(4,5)14-15(16(21)20(9)10)18(6,7)19(8,12-2)13-3/h15H,11-14H2,1-10H3. The second-order valence-corrected chi connectivity index (χ2v) is 8.50. The van der Waals surface area contributed by atoms with Crippen molar-refractivity contribution in [2.45, 2.75) is 81.1 Å². The van der Waals surface area contributed by atoms with Crippen LogP contribution in [-0.2, 0) is 4.79 Å². The van der Waals surface area contributed by atoms with Crippen LogP contribution in [0.25, 0.3) is 0 Å². The zero-order valence-corrected chi connectivity index (χ0v) is 16.3. The van der Waals surface area contributed by atoms with Gasteiger partial charge >= 0.3 is 0 Å². The summed E-state index contributed by atoms with van der Waals surface area (Å²) < 4.78 is 0. The molecule has 0 aromatic heterocycles. The zero-order chi connectivity index (χ0) is 17.1. The summed E-state index contributed by atoms with van der Waals surface area (Å²) in [7, 11) is 3.78. The lowest BCUT2D eigenvalue weighted by atomic mass is 9.55. The number of carbonyl (C=O) groups excluding carboxylic acids is 1. The van der Waals surface area contributed by atoms with Crippen LogP contribution in [0.5, 0.6) is 0 Å². The fraction of sp³-hybridized carbons (Fsp3) is 0.947. The Bertz CT molecular complexity index is 337. The lowest BCUT2D eigenvalue weighted by Crippen LogP contribution is -2.48. The van der Waals surface area contributed by atoms with Gasteiger partial charge in [0.1, 0.15) is 0 Å². The molecule has 21 heavy (non-hydrogen) atoms. The molecule has 1 atom stereocenters. The van der Waals surface area contributed by atoms with E-state index in [0.717, 1.165) is 25.7 Å². The predicted molar refractivity (Wildman–Crippen MR) is 93.3 cm³/mol. The van der Waals surface area contributed by atoms with Gasteiger partial charge in [0.25, 0.3) is 0 Å². The smallest absolute Gasteiger partial charge is 0.225 e. The molecular weight excluding hydrogens is 258 g/mol. The summed E-state index contributed by atoms with van der Waals surface area (Å²) in [6.07, 6.45) is 4.29. The highest BCUT2D eigenvalue weighted by Gasteiger charge is 2.48. The first kappa shape index (κ1) is 20.5. The molecular formula is C19H39NO. The number of rotatable bonds is 8. The van der Waals surface area contributed by atoms with Crippen LogP contribution in [0.2, 0.25) is 0 Å². The normalized spacial score (nSPS) is 15.0. The molecule has 126 valence electrons. The molecule has 0 aromatic carbocycles. The van der Waals surface area contributed by atoms with Gasteiger partial charge in [-0.2, -0.15) is 0 Å². The number of hydrogen-bond donors (Lipinski definition) is 0. The Morgan fingerprint density at radius 3 is 1.62 bits per heavy atom. The topological polar surface area (TPSA) is 20.3 Å². The lowest BCUT2D eigenvalue weighted by Gasteiger charge is -2.50. The molecule has 0 N–H and O–H groups in total. The third kappa shape index (κ3) is 4.47. The molecule has 0 aromatic rings. The van der Waals surface area contributed by atoms with Crippen LogP contribution in [0, 0.1) is 22.2 Å². The molecule has 0 radical (unpaired) electrons. The van der Waals surface area contributed by atoms with Crippen LogP contribution < -0.4 is 0 Å². The van der Waals surface area contributed by atoms with E-state index in [9.17, 15) is 4.79 Å². The molecule has 0 saturated carbocycles. The molecule has 2 heteroatoms. The molecule has 0 aliphatic rings. The Hall–Kier alpha value is -0.530. The molecule has 1 amide bonds. The average Bonchev–Trinajstić information content (AvgIpc) is 2.42. The van der Waals surface area contributed by atoms with Gasteiger partial charge in [-0.15, -0.1) is 0 Å². The van der Waals surface area contributed by atoms with Crippen molar-refractivity contribution in [3.8, 4) is 0 Å². The van der Waals surface area contributed by atoms with E-state index in [0.29, 0.717) is 0 Å². The van der Waals surface area contributed by atoms with E-state index >= 15 is 0 Å². The van der Waals surface area contributed by atoms with Gasteiger partial charge in [-0.05, 0) is 22.7 Å². The van der Waals surface area contributed by atoms with Crippen LogP contribution in [-0.4, -0.2) is 24.9 Å². The number of nitrogens with zero attached hydrogens (tertiary/aromatic N) is 1. The lowest BCUT2D eigenvalue weighted by molar-refractivity contribution is -0.143. The summed E-state index contributed by atoms with van der Waals surface area (Å²) in [5.41, 5.74) is 0.382. The average molecular weight is 298 g/mol. The molecule has 0 bridgehead atoms. The van der Waals surface area contributed by atoms with Crippen LogP contribution in [0.15, 0.2) is 0 Å². The highest BCUT2D eigenvalue weighted by atomic mass is 16.2. The summed E-state index contributed by atoms with van der Waals surface area (Å²) in [5, 5.41) is 0. The third-order valence-electron chi connectivity index (χ3n) is 6.44. The molecule has 0 saturated heterocycles. The Morgan fingerprint density at radius 2 is 1.33 bits per heavy atom. The monoisotopic (exact) mass is 297 g/mol. The van der Waals surface area contributed by atoms with Gasteiger partial charge in [0.2, 0.25) is 5.91 Å². The van der Waals surface area contributed by atoms with E-state index in [1.54, 1.807) is 4.90 Å². The summed E-state index contributed by atoms with van der Waals surface area (Å²) in [6.45, 7) is 18.3. The van der Waals surface area contributed by atoms with Crippen molar-refractivity contribution in [2.75, 3.05) is 14.1 Å². The van der Waals surface area contributed by atoms with Crippen molar-refractivity contribution >= 4 is 5.91 Å². The molecule has 0 spiro atoms. The van der Waals surface area contributed by atoms with Crippen molar-refractivity contribution in [3.63, 3.8) is 0 Å². The fourth-order valence-corrected chi connectivity index (χ4v) is 3.24. The van der Waals surface area contributed by atoms with Crippen LogP contribution in [0.3, 0.4) is 0 Å². The molecule has 0 aliphatic heterocycles. The van der Waals surface area contributed by atoms with Gasteiger partial charge in [-0.3, -0.25) is 4.79 Å². The number of carbonyl (C=O) groups is 1. The van der Waals surface area contributed by atoms with Crippen LogP contribution >= 0.6 is 0 Å². The molecule has 0 fully saturated rings. The van der Waals surface area contributed by atoms with E-state index in [1.807, 2.05) is 14.1 Å². The van der Waals surface area contributed by atoms with Gasteiger partial charge in [0.05, 0.1) is 0 Å². The van der Waals surface area contributed by atoms with E-state index < -0.39 is 0 Å². The number of amides is 1. The Balaban J connectivity index is 5.73. The highest BCUT2D eigenvalue weighted by Crippen LogP contribution is 2.52. The van der Waals surface area contributed by atoms with Crippen molar-refractivity contribution in [3.05, 3.63) is 0 Å². The summed E-state index contributed by atoms with van der Waals surface area (Å²) in [6, 6.07) is 0. The SMILES string of the molecule is CCC(C)(C)CC(C(=O)N(C)C)C(C)(C)C(C)(CC)CC. The Kier molecular flexibility index (Phi) is 6.97. The van der Waals surface area contributed by atoms with Crippen molar-refractivity contribution in [2.24, 2.45) is 22.2 Å². The van der Waals surface area contributed by atoms with Gasteiger partial charge < -0.3 is 4.90 Å². The number of hydrogen-bond acceptors (Lipinski definition) is 1. The van der Waals surface area contributed by atoms with Gasteiger partial charge in [0, 0.05) is 20.0 Å². The summed E-state index contributed by atoms with van der Waals surface area (Å²) in [5.74, 6) is 0.363.